The maximum Gasteiger partial charge on any atom is 0.128 e. The number of fused-ring (bicyclic) bond motifs is 2. The Hall–Kier alpha value is -2.26. The fourth-order valence-electron chi connectivity index (χ4n) is 3.11. The van der Waals surface area contributed by atoms with Crippen LogP contribution in [0.2, 0.25) is 0 Å². The summed E-state index contributed by atoms with van der Waals surface area (Å²) in [6, 6.07) is 16.7. The predicted octanol–water partition coefficient (Wildman–Crippen LogP) is 4.39. The van der Waals surface area contributed by atoms with Crippen LogP contribution in [-0.4, -0.2) is 18.5 Å². The second kappa shape index (κ2) is 5.50. The van der Waals surface area contributed by atoms with Gasteiger partial charge in [-0.15, -0.1) is 0 Å². The van der Waals surface area contributed by atoms with Crippen LogP contribution in [0.4, 0.5) is 0 Å². The van der Waals surface area contributed by atoms with Crippen LogP contribution in [0.25, 0.3) is 10.8 Å². The lowest BCUT2D eigenvalue weighted by molar-refractivity contribution is 0.183. The Balaban J connectivity index is 1.64. The number of nitrogens with zero attached hydrogens (tertiary/aromatic N) is 1. The van der Waals surface area contributed by atoms with Crippen molar-refractivity contribution >= 4 is 10.8 Å². The smallest absolute Gasteiger partial charge is 0.128 e. The first-order valence-electron chi connectivity index (χ1n) is 7.70. The van der Waals surface area contributed by atoms with Crippen molar-refractivity contribution in [2.24, 2.45) is 0 Å². The Morgan fingerprint density at radius 1 is 1.09 bits per heavy atom. The average molecular weight is 293 g/mol. The van der Waals surface area contributed by atoms with Crippen molar-refractivity contribution in [3.05, 3.63) is 66.1 Å². The summed E-state index contributed by atoms with van der Waals surface area (Å²) in [6.07, 6.45) is 2.79. The van der Waals surface area contributed by atoms with Crippen molar-refractivity contribution in [1.29, 1.82) is 0 Å². The van der Waals surface area contributed by atoms with Crippen molar-refractivity contribution in [3.63, 3.8) is 0 Å². The van der Waals surface area contributed by atoms with Crippen LogP contribution in [0.3, 0.4) is 0 Å². The van der Waals surface area contributed by atoms with Crippen LogP contribution in [0, 0.1) is 0 Å². The van der Waals surface area contributed by atoms with E-state index in [-0.39, 0.29) is 6.10 Å². The minimum absolute atomic E-state index is 0.0554. The molecule has 0 bridgehead atoms. The van der Waals surface area contributed by atoms with Gasteiger partial charge >= 0.3 is 0 Å². The van der Waals surface area contributed by atoms with Crippen LogP contribution in [0.1, 0.15) is 23.8 Å². The number of hydrogen-bond acceptors (Lipinski definition) is 3. The van der Waals surface area contributed by atoms with Crippen molar-refractivity contribution in [2.75, 3.05) is 13.6 Å². The lowest BCUT2D eigenvalue weighted by Crippen LogP contribution is -2.18. The van der Waals surface area contributed by atoms with Crippen LogP contribution in [-0.2, 0) is 6.54 Å². The molecule has 112 valence electrons. The first-order chi connectivity index (χ1) is 10.8. The molecule has 0 N–H and O–H groups in total. The molecular weight excluding hydrogens is 274 g/mol. The van der Waals surface area contributed by atoms with E-state index in [2.05, 4.69) is 54.4 Å². The molecule has 1 unspecified atom stereocenters. The lowest BCUT2D eigenvalue weighted by atomic mass is 10.1. The molecule has 2 heterocycles. The van der Waals surface area contributed by atoms with Gasteiger partial charge in [-0.1, -0.05) is 30.3 Å². The van der Waals surface area contributed by atoms with E-state index in [1.165, 1.54) is 16.3 Å². The number of rotatable bonds is 2. The van der Waals surface area contributed by atoms with Gasteiger partial charge in [0.25, 0.3) is 0 Å². The third kappa shape index (κ3) is 2.48. The largest absolute Gasteiger partial charge is 0.486 e. The summed E-state index contributed by atoms with van der Waals surface area (Å²) in [5, 5.41) is 2.44. The van der Waals surface area contributed by atoms with Crippen molar-refractivity contribution in [2.45, 2.75) is 19.1 Å². The van der Waals surface area contributed by atoms with E-state index in [0.717, 1.165) is 31.0 Å². The van der Waals surface area contributed by atoms with Gasteiger partial charge in [0.15, 0.2) is 0 Å². The first kappa shape index (κ1) is 13.4. The highest BCUT2D eigenvalue weighted by Gasteiger charge is 2.24. The molecule has 3 aromatic rings. The molecule has 4 rings (SSSR count). The van der Waals surface area contributed by atoms with E-state index in [1.54, 1.807) is 6.26 Å². The van der Waals surface area contributed by atoms with Crippen LogP contribution >= 0.6 is 0 Å². The number of ether oxygens (including phenoxy) is 1. The van der Waals surface area contributed by atoms with Gasteiger partial charge < -0.3 is 9.15 Å². The van der Waals surface area contributed by atoms with E-state index in [4.69, 9.17) is 9.15 Å². The minimum Gasteiger partial charge on any atom is -0.486 e. The molecule has 0 aliphatic carbocycles. The van der Waals surface area contributed by atoms with Gasteiger partial charge in [-0.25, -0.2) is 0 Å². The second-order valence-corrected chi connectivity index (χ2v) is 5.94. The molecule has 1 aromatic heterocycles. The molecule has 1 aliphatic rings. The van der Waals surface area contributed by atoms with Gasteiger partial charge in [0.1, 0.15) is 17.6 Å². The summed E-state index contributed by atoms with van der Waals surface area (Å²) in [7, 11) is 2.12. The Labute approximate surface area is 130 Å². The third-order valence-corrected chi connectivity index (χ3v) is 4.31. The van der Waals surface area contributed by atoms with E-state index in [9.17, 15) is 0 Å². The minimum atomic E-state index is 0.0554. The van der Waals surface area contributed by atoms with Crippen LogP contribution in [0.15, 0.2) is 59.2 Å². The van der Waals surface area contributed by atoms with Crippen molar-refractivity contribution in [1.82, 2.24) is 4.90 Å². The van der Waals surface area contributed by atoms with E-state index >= 15 is 0 Å². The fraction of sp³-hybridized carbons (Fsp3) is 0.263. The quantitative estimate of drug-likeness (QED) is 0.701. The molecule has 0 saturated heterocycles. The molecule has 0 spiro atoms. The van der Waals surface area contributed by atoms with E-state index in [1.807, 2.05) is 6.07 Å². The molecule has 0 saturated carbocycles. The normalized spacial score (nSPS) is 18.9. The van der Waals surface area contributed by atoms with Crippen molar-refractivity contribution in [3.8, 4) is 5.75 Å². The van der Waals surface area contributed by atoms with Gasteiger partial charge in [-0.3, -0.25) is 4.90 Å². The standard InChI is InChI=1S/C19H19NO2/c1-20-10-8-18(17-9-11-21-19(17)13-20)22-16-7-6-14-4-2-3-5-15(14)12-16/h2-7,9,11-12,18H,8,10,13H2,1H3. The number of benzene rings is 2. The summed E-state index contributed by atoms with van der Waals surface area (Å²) in [5.74, 6) is 1.94. The maximum absolute atomic E-state index is 6.29. The summed E-state index contributed by atoms with van der Waals surface area (Å²) in [4.78, 5) is 2.27. The first-order valence-corrected chi connectivity index (χ1v) is 7.70. The topological polar surface area (TPSA) is 25.6 Å². The van der Waals surface area contributed by atoms with Gasteiger partial charge in [0.2, 0.25) is 0 Å². The van der Waals surface area contributed by atoms with E-state index in [0.29, 0.717) is 0 Å². The molecule has 22 heavy (non-hydrogen) atoms. The Morgan fingerprint density at radius 3 is 2.86 bits per heavy atom. The average Bonchev–Trinajstić information content (AvgIpc) is 2.93. The molecule has 0 amide bonds. The van der Waals surface area contributed by atoms with Crippen molar-refractivity contribution < 1.29 is 9.15 Å². The lowest BCUT2D eigenvalue weighted by Gasteiger charge is -2.18. The third-order valence-electron chi connectivity index (χ3n) is 4.31. The molecule has 2 aromatic carbocycles. The number of hydrogen-bond donors (Lipinski definition) is 0. The maximum atomic E-state index is 6.29. The molecule has 1 atom stereocenters. The zero-order chi connectivity index (χ0) is 14.9. The molecule has 0 radical (unpaired) electrons. The molecule has 3 heteroatoms. The summed E-state index contributed by atoms with van der Waals surface area (Å²) < 4.78 is 11.9. The fourth-order valence-corrected chi connectivity index (χ4v) is 3.11. The second-order valence-electron chi connectivity index (χ2n) is 5.94. The Morgan fingerprint density at radius 2 is 1.95 bits per heavy atom. The van der Waals surface area contributed by atoms with Crippen LogP contribution < -0.4 is 4.74 Å². The predicted molar refractivity (Wildman–Crippen MR) is 87.0 cm³/mol. The van der Waals surface area contributed by atoms with Gasteiger partial charge in [0, 0.05) is 18.5 Å². The molecule has 0 fully saturated rings. The molecular formula is C19H19NO2. The zero-order valence-electron chi connectivity index (χ0n) is 12.7. The highest BCUT2D eigenvalue weighted by atomic mass is 16.5. The highest BCUT2D eigenvalue weighted by molar-refractivity contribution is 5.83. The SMILES string of the molecule is CN1CCC(Oc2ccc3ccccc3c2)c2ccoc2C1. The Bertz CT molecular complexity index is 793. The summed E-state index contributed by atoms with van der Waals surface area (Å²) in [6.45, 7) is 1.85. The zero-order valence-corrected chi connectivity index (χ0v) is 12.7. The highest BCUT2D eigenvalue weighted by Crippen LogP contribution is 2.32. The summed E-state index contributed by atoms with van der Waals surface area (Å²) >= 11 is 0. The van der Waals surface area contributed by atoms with E-state index < -0.39 is 0 Å². The summed E-state index contributed by atoms with van der Waals surface area (Å²) in [5.41, 5.74) is 1.18. The monoisotopic (exact) mass is 293 g/mol. The van der Waals surface area contributed by atoms with Gasteiger partial charge in [0.05, 0.1) is 12.8 Å². The Kier molecular flexibility index (Phi) is 3.35. The van der Waals surface area contributed by atoms with Gasteiger partial charge in [-0.2, -0.15) is 0 Å². The van der Waals surface area contributed by atoms with Crippen LogP contribution in [0.5, 0.6) is 5.75 Å². The molecule has 1 aliphatic heterocycles. The van der Waals surface area contributed by atoms with Gasteiger partial charge in [-0.05, 0) is 36.0 Å². The number of furan rings is 1. The molecule has 3 nitrogen and oxygen atoms in total.